The van der Waals surface area contributed by atoms with Crippen molar-refractivity contribution in [2.75, 3.05) is 23.8 Å². The van der Waals surface area contributed by atoms with Crippen LogP contribution in [0.25, 0.3) is 0 Å². The zero-order valence-electron chi connectivity index (χ0n) is 13.9. The minimum atomic E-state index is -0.0857. The van der Waals surface area contributed by atoms with Crippen LogP contribution >= 0.6 is 12.2 Å². The first kappa shape index (κ1) is 17.2. The summed E-state index contributed by atoms with van der Waals surface area (Å²) in [7, 11) is 1.97. The van der Waals surface area contributed by atoms with Crippen molar-refractivity contribution in [3.8, 4) is 0 Å². The molecule has 0 aliphatic carbocycles. The van der Waals surface area contributed by atoms with E-state index in [2.05, 4.69) is 46.9 Å². The molecule has 0 aromatic heterocycles. The third-order valence-electron chi connectivity index (χ3n) is 3.19. The first-order chi connectivity index (χ1) is 8.92. The summed E-state index contributed by atoms with van der Waals surface area (Å²) in [6.07, 6.45) is 2.22. The normalized spacial score (nSPS) is 12.8. The summed E-state index contributed by atoms with van der Waals surface area (Å²) < 4.78 is 0.442. The monoisotopic (exact) mass is 296 g/mol. The Hall–Kier alpha value is -0.900. The maximum absolute atomic E-state index is 12.0. The molecule has 4 heteroatoms. The van der Waals surface area contributed by atoms with E-state index in [0.717, 1.165) is 30.8 Å². The number of rotatable bonds is 5. The van der Waals surface area contributed by atoms with Crippen LogP contribution in [0.5, 0.6) is 0 Å². The van der Waals surface area contributed by atoms with Crippen molar-refractivity contribution in [1.82, 2.24) is 0 Å². The summed E-state index contributed by atoms with van der Waals surface area (Å²) in [5.41, 5.74) is 1.85. The topological polar surface area (TPSA) is 32.3 Å². The average Bonchev–Trinajstić information content (AvgIpc) is 2.24. The molecule has 1 aromatic carbocycles. The molecule has 3 nitrogen and oxygen atoms in total. The van der Waals surface area contributed by atoms with E-state index in [1.807, 2.05) is 11.9 Å². The molecule has 0 aliphatic heterocycles. The van der Waals surface area contributed by atoms with E-state index < -0.39 is 0 Å². The van der Waals surface area contributed by atoms with E-state index in [-0.39, 0.29) is 11.0 Å². The van der Waals surface area contributed by atoms with E-state index in [1.54, 1.807) is 0 Å². The zero-order valence-corrected chi connectivity index (χ0v) is 14.7. The summed E-state index contributed by atoms with van der Waals surface area (Å²) in [6.45, 7) is 13.8. The van der Waals surface area contributed by atoms with Crippen LogP contribution in [0.4, 0.5) is 11.4 Å². The van der Waals surface area contributed by atoms with Gasteiger partial charge in [-0.1, -0.05) is 33.0 Å². The SMILES string of the molecule is CN(CCCC(C)(C)C)c1c(NC(C)(C)C)c(=S)c1=O. The lowest BCUT2D eigenvalue weighted by molar-refractivity contribution is 0.367. The molecule has 0 unspecified atom stereocenters. The first-order valence-electron chi connectivity index (χ1n) is 7.25. The van der Waals surface area contributed by atoms with Gasteiger partial charge in [-0.3, -0.25) is 4.79 Å². The molecule has 0 bridgehead atoms. The van der Waals surface area contributed by atoms with Crippen molar-refractivity contribution in [2.45, 2.75) is 59.9 Å². The van der Waals surface area contributed by atoms with Crippen LogP contribution in [0.1, 0.15) is 54.4 Å². The van der Waals surface area contributed by atoms with Crippen LogP contribution in [0, 0.1) is 9.93 Å². The fraction of sp³-hybridized carbons (Fsp3) is 0.750. The van der Waals surface area contributed by atoms with Crippen LogP contribution in [0.15, 0.2) is 4.79 Å². The second kappa shape index (κ2) is 5.84. The summed E-state index contributed by atoms with van der Waals surface area (Å²) >= 11 is 5.17. The molecule has 1 rings (SSSR count). The molecule has 20 heavy (non-hydrogen) atoms. The summed E-state index contributed by atoms with van der Waals surface area (Å²) in [6, 6.07) is 0. The summed E-state index contributed by atoms with van der Waals surface area (Å²) in [5.74, 6) is 0. The Balaban J connectivity index is 2.74. The highest BCUT2D eigenvalue weighted by atomic mass is 32.1. The van der Waals surface area contributed by atoms with Gasteiger partial charge in [0.2, 0.25) is 5.43 Å². The van der Waals surface area contributed by atoms with Gasteiger partial charge in [0, 0.05) is 19.1 Å². The third-order valence-corrected chi connectivity index (χ3v) is 3.58. The average molecular weight is 296 g/mol. The Labute approximate surface area is 128 Å². The van der Waals surface area contributed by atoms with Crippen LogP contribution in [-0.4, -0.2) is 19.1 Å². The van der Waals surface area contributed by atoms with Gasteiger partial charge in [0.15, 0.2) is 0 Å². The standard InChI is InChI=1S/C16H28N2OS/c1-15(2,3)9-8-10-18(7)12-11(14(20)13(12)19)17-16(4,5)6/h17H,8-10H2,1-7H3. The van der Waals surface area contributed by atoms with E-state index >= 15 is 0 Å². The molecule has 0 radical (unpaired) electrons. The Morgan fingerprint density at radius 3 is 2.15 bits per heavy atom. The second-order valence-corrected chi connectivity index (χ2v) is 8.25. The fourth-order valence-electron chi connectivity index (χ4n) is 2.19. The smallest absolute Gasteiger partial charge is 0.224 e. The lowest BCUT2D eigenvalue weighted by atomic mass is 9.90. The maximum atomic E-state index is 12.0. The number of hydrogen-bond donors (Lipinski definition) is 1. The third kappa shape index (κ3) is 4.58. The Morgan fingerprint density at radius 2 is 1.70 bits per heavy atom. The van der Waals surface area contributed by atoms with Gasteiger partial charge in [-0.05, 0) is 39.0 Å². The van der Waals surface area contributed by atoms with Gasteiger partial charge in [0.05, 0.1) is 5.69 Å². The summed E-state index contributed by atoms with van der Waals surface area (Å²) in [4.78, 5) is 14.0. The van der Waals surface area contributed by atoms with Crippen molar-refractivity contribution in [1.29, 1.82) is 0 Å². The van der Waals surface area contributed by atoms with Crippen molar-refractivity contribution in [3.05, 3.63) is 14.7 Å². The molecule has 0 fully saturated rings. The molecule has 0 saturated heterocycles. The first-order valence-corrected chi connectivity index (χ1v) is 7.66. The predicted molar refractivity (Wildman–Crippen MR) is 91.3 cm³/mol. The highest BCUT2D eigenvalue weighted by Gasteiger charge is 2.24. The van der Waals surface area contributed by atoms with Crippen molar-refractivity contribution in [3.63, 3.8) is 0 Å². The van der Waals surface area contributed by atoms with E-state index in [9.17, 15) is 4.79 Å². The van der Waals surface area contributed by atoms with Gasteiger partial charge >= 0.3 is 0 Å². The molecule has 1 aromatic rings. The Bertz CT molecular complexity index is 528. The molecule has 1 N–H and O–H groups in total. The van der Waals surface area contributed by atoms with E-state index in [1.165, 1.54) is 0 Å². The highest BCUT2D eigenvalue weighted by molar-refractivity contribution is 7.71. The minimum Gasteiger partial charge on any atom is -0.377 e. The van der Waals surface area contributed by atoms with Crippen molar-refractivity contribution < 1.29 is 0 Å². The largest absolute Gasteiger partial charge is 0.377 e. The second-order valence-electron chi connectivity index (χ2n) is 7.84. The van der Waals surface area contributed by atoms with Gasteiger partial charge in [0.25, 0.3) is 0 Å². The molecule has 0 atom stereocenters. The zero-order chi connectivity index (χ0) is 15.7. The van der Waals surface area contributed by atoms with Crippen LogP contribution < -0.4 is 15.6 Å². The number of hydrogen-bond acceptors (Lipinski definition) is 4. The van der Waals surface area contributed by atoms with E-state index in [4.69, 9.17) is 12.2 Å². The van der Waals surface area contributed by atoms with Crippen LogP contribution in [0.2, 0.25) is 0 Å². The summed E-state index contributed by atoms with van der Waals surface area (Å²) in [5, 5.41) is 3.35. The molecule has 0 saturated carbocycles. The van der Waals surface area contributed by atoms with Gasteiger partial charge < -0.3 is 10.2 Å². The van der Waals surface area contributed by atoms with Gasteiger partial charge in [-0.2, -0.15) is 0 Å². The molecular formula is C16H28N2OS. The van der Waals surface area contributed by atoms with Crippen molar-refractivity contribution >= 4 is 23.6 Å². The van der Waals surface area contributed by atoms with Crippen LogP contribution in [0.3, 0.4) is 0 Å². The van der Waals surface area contributed by atoms with Gasteiger partial charge in [-0.25, -0.2) is 0 Å². The number of anilines is 2. The molecule has 0 heterocycles. The predicted octanol–water partition coefficient (Wildman–Crippen LogP) is 4.12. The highest BCUT2D eigenvalue weighted by Crippen LogP contribution is 2.30. The molecule has 114 valence electrons. The van der Waals surface area contributed by atoms with Crippen LogP contribution in [-0.2, 0) is 0 Å². The molecule has 0 aliphatic rings. The van der Waals surface area contributed by atoms with Crippen molar-refractivity contribution in [2.24, 2.45) is 5.41 Å². The minimum absolute atomic E-state index is 0.00464. The van der Waals surface area contributed by atoms with Gasteiger partial charge in [-0.15, -0.1) is 0 Å². The fourth-order valence-corrected chi connectivity index (χ4v) is 2.44. The lowest BCUT2D eigenvalue weighted by Crippen LogP contribution is -2.35. The Kier molecular flexibility index (Phi) is 5.01. The quantitative estimate of drug-likeness (QED) is 0.828. The Morgan fingerprint density at radius 1 is 1.15 bits per heavy atom. The van der Waals surface area contributed by atoms with E-state index in [0.29, 0.717) is 9.93 Å². The molecule has 0 spiro atoms. The molecule has 0 amide bonds. The lowest BCUT2D eigenvalue weighted by Gasteiger charge is -2.30. The van der Waals surface area contributed by atoms with Gasteiger partial charge in [0.1, 0.15) is 10.2 Å². The molecular weight excluding hydrogens is 268 g/mol. The number of nitrogens with zero attached hydrogens (tertiary/aromatic N) is 1. The maximum Gasteiger partial charge on any atom is 0.224 e. The number of nitrogens with one attached hydrogen (secondary N) is 1.